The van der Waals surface area contributed by atoms with Gasteiger partial charge < -0.3 is 10.1 Å². The minimum absolute atomic E-state index is 0.0812. The van der Waals surface area contributed by atoms with Crippen LogP contribution in [-0.2, 0) is 24.3 Å². The van der Waals surface area contributed by atoms with Gasteiger partial charge in [-0.05, 0) is 44.0 Å². The Morgan fingerprint density at radius 3 is 2.32 bits per heavy atom. The van der Waals surface area contributed by atoms with Crippen LogP contribution in [-0.4, -0.2) is 50.3 Å². The third kappa shape index (κ3) is 6.27. The predicted octanol–water partition coefficient (Wildman–Crippen LogP) is 2.22. The van der Waals surface area contributed by atoms with Crippen LogP contribution in [0.5, 0.6) is 0 Å². The van der Waals surface area contributed by atoms with Gasteiger partial charge in [-0.2, -0.15) is 4.31 Å². The highest BCUT2D eigenvalue weighted by Gasteiger charge is 2.26. The molecule has 7 nitrogen and oxygen atoms in total. The molecule has 1 aliphatic rings. The number of carbonyl (C=O) groups is 2. The number of rotatable bonds is 7. The molecule has 0 radical (unpaired) electrons. The Hall–Kier alpha value is -2.00. The number of sulfonamides is 1. The van der Waals surface area contributed by atoms with E-state index in [9.17, 15) is 22.4 Å². The summed E-state index contributed by atoms with van der Waals surface area (Å²) in [5.41, 5.74) is 0. The zero-order valence-electron chi connectivity index (χ0n) is 16.2. The summed E-state index contributed by atoms with van der Waals surface area (Å²) in [4.78, 5) is 24.2. The molecule has 1 aromatic rings. The molecule has 0 bridgehead atoms. The van der Waals surface area contributed by atoms with Crippen molar-refractivity contribution in [1.29, 1.82) is 0 Å². The topological polar surface area (TPSA) is 92.8 Å². The van der Waals surface area contributed by atoms with E-state index in [4.69, 9.17) is 4.74 Å². The van der Waals surface area contributed by atoms with Gasteiger partial charge in [0.1, 0.15) is 12.4 Å². The van der Waals surface area contributed by atoms with Crippen LogP contribution in [0.2, 0.25) is 0 Å². The smallest absolute Gasteiger partial charge is 0.322 e. The average molecular weight is 414 g/mol. The fraction of sp³-hybridized carbons (Fsp3) is 0.579. The van der Waals surface area contributed by atoms with Crippen LogP contribution in [0.4, 0.5) is 4.39 Å². The Morgan fingerprint density at radius 1 is 1.18 bits per heavy atom. The number of carbonyl (C=O) groups excluding carboxylic acids is 2. The van der Waals surface area contributed by atoms with Crippen LogP contribution in [0.3, 0.4) is 0 Å². The SMILES string of the molecule is C[C@H](OC(=O)CN(C)S(=O)(=O)c1ccc(F)cc1)C(=O)NC1CCCCCC1. The standard InChI is InChI=1S/C19H27FN2O5S/c1-14(19(24)21-16-7-5-3-4-6-8-16)27-18(23)13-22(2)28(25,26)17-11-9-15(20)10-12-17/h9-12,14,16H,3-8,13H2,1-2H3,(H,21,24)/t14-/m0/s1. The fourth-order valence-corrected chi connectivity index (χ4v) is 4.20. The lowest BCUT2D eigenvalue weighted by Gasteiger charge is -2.21. The van der Waals surface area contributed by atoms with Crippen LogP contribution < -0.4 is 5.32 Å². The first-order valence-corrected chi connectivity index (χ1v) is 10.9. The van der Waals surface area contributed by atoms with Gasteiger partial charge in [0.25, 0.3) is 5.91 Å². The van der Waals surface area contributed by atoms with Crippen molar-refractivity contribution in [3.8, 4) is 0 Å². The van der Waals surface area contributed by atoms with E-state index < -0.39 is 34.5 Å². The van der Waals surface area contributed by atoms with Crippen LogP contribution in [0, 0.1) is 5.82 Å². The summed E-state index contributed by atoms with van der Waals surface area (Å²) < 4.78 is 43.7. The largest absolute Gasteiger partial charge is 0.452 e. The Morgan fingerprint density at radius 2 is 1.75 bits per heavy atom. The molecule has 1 aromatic carbocycles. The van der Waals surface area contributed by atoms with Crippen LogP contribution in [0.25, 0.3) is 0 Å². The van der Waals surface area contributed by atoms with Gasteiger partial charge in [-0.1, -0.05) is 25.7 Å². The van der Waals surface area contributed by atoms with E-state index >= 15 is 0 Å². The first-order chi connectivity index (χ1) is 13.2. The van der Waals surface area contributed by atoms with Gasteiger partial charge >= 0.3 is 5.97 Å². The number of amides is 1. The Balaban J connectivity index is 1.87. The lowest BCUT2D eigenvalue weighted by atomic mass is 10.1. The maximum atomic E-state index is 13.0. The number of nitrogens with zero attached hydrogens (tertiary/aromatic N) is 1. The molecule has 0 saturated heterocycles. The van der Waals surface area contributed by atoms with Crippen molar-refractivity contribution in [2.24, 2.45) is 0 Å². The first kappa shape index (κ1) is 22.3. The molecule has 0 unspecified atom stereocenters. The molecule has 2 rings (SSSR count). The number of halogens is 1. The number of likely N-dealkylation sites (N-methyl/N-ethyl adjacent to an activating group) is 1. The summed E-state index contributed by atoms with van der Waals surface area (Å²) in [6, 6.07) is 4.38. The van der Waals surface area contributed by atoms with Gasteiger partial charge in [-0.25, -0.2) is 12.8 Å². The second-order valence-corrected chi connectivity index (χ2v) is 9.09. The molecule has 28 heavy (non-hydrogen) atoms. The number of esters is 1. The van der Waals surface area contributed by atoms with Crippen LogP contribution in [0.15, 0.2) is 29.2 Å². The summed E-state index contributed by atoms with van der Waals surface area (Å²) in [6.07, 6.45) is 5.24. The third-order valence-electron chi connectivity index (χ3n) is 4.75. The molecular formula is C19H27FN2O5S. The van der Waals surface area contributed by atoms with Crippen LogP contribution >= 0.6 is 0 Å². The number of hydrogen-bond donors (Lipinski definition) is 1. The summed E-state index contributed by atoms with van der Waals surface area (Å²) >= 11 is 0. The van der Waals surface area contributed by atoms with Gasteiger partial charge in [0.2, 0.25) is 10.0 Å². The Bertz CT molecular complexity index is 774. The van der Waals surface area contributed by atoms with Gasteiger partial charge in [0.05, 0.1) is 4.90 Å². The molecule has 1 amide bonds. The highest BCUT2D eigenvalue weighted by Crippen LogP contribution is 2.18. The Labute approximate surface area is 165 Å². The van der Waals surface area contributed by atoms with Gasteiger partial charge in [-0.15, -0.1) is 0 Å². The van der Waals surface area contributed by atoms with Gasteiger partial charge in [-0.3, -0.25) is 9.59 Å². The van der Waals surface area contributed by atoms with Crippen molar-refractivity contribution in [2.45, 2.75) is 62.5 Å². The van der Waals surface area contributed by atoms with E-state index in [2.05, 4.69) is 5.32 Å². The Kier molecular flexibility index (Phi) is 7.94. The molecule has 1 fully saturated rings. The van der Waals surface area contributed by atoms with E-state index in [1.807, 2.05) is 0 Å². The monoisotopic (exact) mass is 414 g/mol. The molecule has 0 spiro atoms. The minimum Gasteiger partial charge on any atom is -0.452 e. The van der Waals surface area contributed by atoms with Crippen molar-refractivity contribution < 1.29 is 27.1 Å². The highest BCUT2D eigenvalue weighted by atomic mass is 32.2. The maximum absolute atomic E-state index is 13.0. The van der Waals surface area contributed by atoms with Crippen molar-refractivity contribution in [1.82, 2.24) is 9.62 Å². The molecule has 0 aromatic heterocycles. The molecule has 156 valence electrons. The normalized spacial score (nSPS) is 17.0. The van der Waals surface area contributed by atoms with Crippen molar-refractivity contribution in [2.75, 3.05) is 13.6 Å². The van der Waals surface area contributed by atoms with Crippen molar-refractivity contribution >= 4 is 21.9 Å². The lowest BCUT2D eigenvalue weighted by Crippen LogP contribution is -2.43. The fourth-order valence-electron chi connectivity index (χ4n) is 3.08. The number of benzene rings is 1. The average Bonchev–Trinajstić information content (AvgIpc) is 2.90. The number of nitrogens with one attached hydrogen (secondary N) is 1. The van der Waals surface area contributed by atoms with Gasteiger partial charge in [0, 0.05) is 13.1 Å². The quantitative estimate of drug-likeness (QED) is 0.546. The molecule has 1 saturated carbocycles. The minimum atomic E-state index is -3.97. The zero-order chi connectivity index (χ0) is 20.7. The number of hydrogen-bond acceptors (Lipinski definition) is 5. The molecule has 1 N–H and O–H groups in total. The predicted molar refractivity (Wildman–Crippen MR) is 101 cm³/mol. The molecule has 1 aliphatic carbocycles. The van der Waals surface area contributed by atoms with Crippen LogP contribution in [0.1, 0.15) is 45.4 Å². The first-order valence-electron chi connectivity index (χ1n) is 9.42. The zero-order valence-corrected chi connectivity index (χ0v) is 17.0. The second kappa shape index (κ2) is 9.97. The van der Waals surface area contributed by atoms with E-state index in [0.717, 1.165) is 67.1 Å². The van der Waals surface area contributed by atoms with E-state index in [-0.39, 0.29) is 16.8 Å². The molecule has 1 atom stereocenters. The molecular weight excluding hydrogens is 387 g/mol. The van der Waals surface area contributed by atoms with Crippen molar-refractivity contribution in [3.05, 3.63) is 30.1 Å². The summed E-state index contributed by atoms with van der Waals surface area (Å²) in [7, 11) is -2.75. The number of ether oxygens (including phenoxy) is 1. The maximum Gasteiger partial charge on any atom is 0.322 e. The molecule has 0 aliphatic heterocycles. The van der Waals surface area contributed by atoms with E-state index in [1.54, 1.807) is 0 Å². The van der Waals surface area contributed by atoms with Gasteiger partial charge in [0.15, 0.2) is 6.10 Å². The summed E-state index contributed by atoms with van der Waals surface area (Å²) in [5, 5.41) is 2.90. The molecule has 9 heteroatoms. The van der Waals surface area contributed by atoms with E-state index in [1.165, 1.54) is 14.0 Å². The highest BCUT2D eigenvalue weighted by molar-refractivity contribution is 7.89. The summed E-state index contributed by atoms with van der Waals surface area (Å²) in [5.74, 6) is -1.78. The summed E-state index contributed by atoms with van der Waals surface area (Å²) in [6.45, 7) is 0.902. The molecule has 0 heterocycles. The third-order valence-corrected chi connectivity index (χ3v) is 6.57. The second-order valence-electron chi connectivity index (χ2n) is 7.04. The van der Waals surface area contributed by atoms with E-state index in [0.29, 0.717) is 0 Å². The van der Waals surface area contributed by atoms with Crippen molar-refractivity contribution in [3.63, 3.8) is 0 Å². The lowest BCUT2D eigenvalue weighted by molar-refractivity contribution is -0.155.